The van der Waals surface area contributed by atoms with E-state index in [1.807, 2.05) is 24.1 Å². The van der Waals surface area contributed by atoms with E-state index >= 15 is 0 Å². The number of nitrogens with zero attached hydrogens (tertiary/aromatic N) is 1. The fraction of sp³-hybridized carbons (Fsp3) is 0.650. The quantitative estimate of drug-likeness (QED) is 0.828. The molecule has 4 nitrogen and oxygen atoms in total. The van der Waals surface area contributed by atoms with Crippen molar-refractivity contribution in [3.05, 3.63) is 29.8 Å². The van der Waals surface area contributed by atoms with Gasteiger partial charge in [-0.3, -0.25) is 4.79 Å². The van der Waals surface area contributed by atoms with Crippen LogP contribution in [0.5, 0.6) is 5.75 Å². The molecule has 2 fully saturated rings. The molecule has 0 bridgehead atoms. The van der Waals surface area contributed by atoms with Crippen molar-refractivity contribution in [2.75, 3.05) is 27.3 Å². The Balaban J connectivity index is 1.76. The second kappa shape index (κ2) is 7.56. The topological polar surface area (TPSA) is 38.8 Å². The maximum atomic E-state index is 13.3. The Kier molecular flexibility index (Phi) is 5.44. The molecule has 1 saturated carbocycles. The largest absolute Gasteiger partial charge is 0.497 e. The Bertz CT molecular complexity index is 543. The van der Waals surface area contributed by atoms with Gasteiger partial charge in [0.2, 0.25) is 5.91 Å². The molecule has 1 aromatic rings. The third-order valence-corrected chi connectivity index (χ3v) is 5.61. The van der Waals surface area contributed by atoms with Gasteiger partial charge in [0, 0.05) is 20.2 Å². The van der Waals surface area contributed by atoms with Crippen LogP contribution in [0.4, 0.5) is 0 Å². The first kappa shape index (κ1) is 17.3. The molecule has 0 N–H and O–H groups in total. The molecule has 1 atom stereocenters. The summed E-state index contributed by atoms with van der Waals surface area (Å²) < 4.78 is 11.1. The first-order valence-electron chi connectivity index (χ1n) is 9.17. The van der Waals surface area contributed by atoms with Gasteiger partial charge < -0.3 is 14.4 Å². The van der Waals surface area contributed by atoms with Crippen LogP contribution in [0.1, 0.15) is 50.5 Å². The molecule has 0 radical (unpaired) electrons. The Morgan fingerprint density at radius 3 is 2.50 bits per heavy atom. The molecule has 1 saturated heterocycles. The van der Waals surface area contributed by atoms with Crippen LogP contribution in [-0.2, 0) is 14.9 Å². The standard InChI is InChI=1S/C20H29NO3/c1-21(15-18-7-3-6-14-24-18)19(22)20(12-4-5-13-20)16-8-10-17(23-2)11-9-16/h8-11,18H,3-7,12-15H2,1-2H3. The van der Waals surface area contributed by atoms with Gasteiger partial charge in [0.25, 0.3) is 0 Å². The second-order valence-corrected chi connectivity index (χ2v) is 7.19. The number of likely N-dealkylation sites (N-methyl/N-ethyl adjacent to an activating group) is 1. The molecular formula is C20H29NO3. The maximum Gasteiger partial charge on any atom is 0.233 e. The molecule has 1 aromatic carbocycles. The Labute approximate surface area is 145 Å². The summed E-state index contributed by atoms with van der Waals surface area (Å²) in [6.45, 7) is 1.53. The molecule has 1 heterocycles. The normalized spacial score (nSPS) is 23.0. The van der Waals surface area contributed by atoms with E-state index in [0.29, 0.717) is 6.54 Å². The Morgan fingerprint density at radius 1 is 1.21 bits per heavy atom. The molecule has 4 heteroatoms. The van der Waals surface area contributed by atoms with Crippen LogP contribution < -0.4 is 4.74 Å². The lowest BCUT2D eigenvalue weighted by molar-refractivity contribution is -0.138. The summed E-state index contributed by atoms with van der Waals surface area (Å²) in [5, 5.41) is 0. The Hall–Kier alpha value is -1.55. The zero-order chi connectivity index (χ0) is 17.0. The zero-order valence-corrected chi connectivity index (χ0v) is 14.9. The average Bonchev–Trinajstić information content (AvgIpc) is 3.13. The highest BCUT2D eigenvalue weighted by molar-refractivity contribution is 5.88. The highest BCUT2D eigenvalue weighted by atomic mass is 16.5. The molecule has 24 heavy (non-hydrogen) atoms. The van der Waals surface area contributed by atoms with Gasteiger partial charge in [-0.1, -0.05) is 25.0 Å². The van der Waals surface area contributed by atoms with E-state index in [4.69, 9.17) is 9.47 Å². The lowest BCUT2D eigenvalue weighted by Crippen LogP contribution is -2.47. The van der Waals surface area contributed by atoms with E-state index in [1.54, 1.807) is 7.11 Å². The number of amides is 1. The minimum atomic E-state index is -0.365. The van der Waals surface area contributed by atoms with E-state index in [-0.39, 0.29) is 17.4 Å². The molecule has 1 aliphatic heterocycles. The summed E-state index contributed by atoms with van der Waals surface area (Å²) in [4.78, 5) is 15.2. The molecule has 2 aliphatic rings. The van der Waals surface area contributed by atoms with Crippen molar-refractivity contribution in [1.82, 2.24) is 4.90 Å². The molecular weight excluding hydrogens is 302 g/mol. The number of hydrogen-bond donors (Lipinski definition) is 0. The van der Waals surface area contributed by atoms with Crippen molar-refractivity contribution in [1.29, 1.82) is 0 Å². The van der Waals surface area contributed by atoms with Crippen molar-refractivity contribution in [3.8, 4) is 5.75 Å². The number of carbonyl (C=O) groups excluding carboxylic acids is 1. The van der Waals surface area contributed by atoms with Crippen LogP contribution in [0.3, 0.4) is 0 Å². The molecule has 1 amide bonds. The summed E-state index contributed by atoms with van der Waals surface area (Å²) in [5.41, 5.74) is 0.762. The van der Waals surface area contributed by atoms with Gasteiger partial charge in [0.15, 0.2) is 0 Å². The molecule has 3 rings (SSSR count). The van der Waals surface area contributed by atoms with Crippen molar-refractivity contribution in [2.45, 2.75) is 56.5 Å². The number of benzene rings is 1. The van der Waals surface area contributed by atoms with Crippen LogP contribution in [0.25, 0.3) is 0 Å². The van der Waals surface area contributed by atoms with E-state index in [0.717, 1.165) is 56.4 Å². The predicted octanol–water partition coefficient (Wildman–Crippen LogP) is 3.53. The third-order valence-electron chi connectivity index (χ3n) is 5.61. The fourth-order valence-electron chi connectivity index (χ4n) is 4.22. The molecule has 0 spiro atoms. The number of rotatable bonds is 5. The van der Waals surface area contributed by atoms with Crippen LogP contribution in [0, 0.1) is 0 Å². The van der Waals surface area contributed by atoms with Gasteiger partial charge in [-0.25, -0.2) is 0 Å². The van der Waals surface area contributed by atoms with Gasteiger partial charge >= 0.3 is 0 Å². The first-order valence-corrected chi connectivity index (χ1v) is 9.17. The summed E-state index contributed by atoms with van der Waals surface area (Å²) in [6, 6.07) is 8.06. The highest BCUT2D eigenvalue weighted by Crippen LogP contribution is 2.43. The number of ether oxygens (including phenoxy) is 2. The fourth-order valence-corrected chi connectivity index (χ4v) is 4.22. The van der Waals surface area contributed by atoms with Crippen LogP contribution >= 0.6 is 0 Å². The SMILES string of the molecule is COc1ccc(C2(C(=O)N(C)CC3CCCCO3)CCCC2)cc1. The van der Waals surface area contributed by atoms with Gasteiger partial charge in [0.05, 0.1) is 18.6 Å². The highest BCUT2D eigenvalue weighted by Gasteiger charge is 2.44. The van der Waals surface area contributed by atoms with Gasteiger partial charge in [-0.05, 0) is 49.8 Å². The lowest BCUT2D eigenvalue weighted by Gasteiger charge is -2.35. The van der Waals surface area contributed by atoms with Crippen molar-refractivity contribution >= 4 is 5.91 Å². The van der Waals surface area contributed by atoms with E-state index in [9.17, 15) is 4.79 Å². The molecule has 132 valence electrons. The van der Waals surface area contributed by atoms with Gasteiger partial charge in [-0.15, -0.1) is 0 Å². The van der Waals surface area contributed by atoms with Crippen molar-refractivity contribution < 1.29 is 14.3 Å². The van der Waals surface area contributed by atoms with Crippen LogP contribution in [-0.4, -0.2) is 44.2 Å². The van der Waals surface area contributed by atoms with Crippen molar-refractivity contribution in [3.63, 3.8) is 0 Å². The molecule has 1 aliphatic carbocycles. The van der Waals surface area contributed by atoms with Crippen LogP contribution in [0.15, 0.2) is 24.3 Å². The molecule has 0 aromatic heterocycles. The average molecular weight is 331 g/mol. The van der Waals surface area contributed by atoms with Gasteiger partial charge in [0.1, 0.15) is 5.75 Å². The number of hydrogen-bond acceptors (Lipinski definition) is 3. The van der Waals surface area contributed by atoms with Crippen LogP contribution in [0.2, 0.25) is 0 Å². The first-order chi connectivity index (χ1) is 11.7. The van der Waals surface area contributed by atoms with E-state index in [1.165, 1.54) is 6.42 Å². The minimum absolute atomic E-state index is 0.196. The van der Waals surface area contributed by atoms with E-state index in [2.05, 4.69) is 12.1 Å². The smallest absolute Gasteiger partial charge is 0.233 e. The predicted molar refractivity (Wildman–Crippen MR) is 94.4 cm³/mol. The third kappa shape index (κ3) is 3.44. The lowest BCUT2D eigenvalue weighted by atomic mass is 9.77. The number of methoxy groups -OCH3 is 1. The second-order valence-electron chi connectivity index (χ2n) is 7.19. The Morgan fingerprint density at radius 2 is 1.92 bits per heavy atom. The summed E-state index contributed by atoms with van der Waals surface area (Å²) in [5.74, 6) is 1.09. The summed E-state index contributed by atoms with van der Waals surface area (Å²) >= 11 is 0. The zero-order valence-electron chi connectivity index (χ0n) is 14.9. The minimum Gasteiger partial charge on any atom is -0.497 e. The monoisotopic (exact) mass is 331 g/mol. The number of carbonyl (C=O) groups is 1. The molecule has 1 unspecified atom stereocenters. The van der Waals surface area contributed by atoms with Crippen molar-refractivity contribution in [2.24, 2.45) is 0 Å². The summed E-state index contributed by atoms with van der Waals surface area (Å²) in [6.07, 6.45) is 7.72. The van der Waals surface area contributed by atoms with Gasteiger partial charge in [-0.2, -0.15) is 0 Å². The van der Waals surface area contributed by atoms with E-state index < -0.39 is 0 Å². The maximum absolute atomic E-state index is 13.3. The summed E-state index contributed by atoms with van der Waals surface area (Å²) in [7, 11) is 3.60.